The van der Waals surface area contributed by atoms with Crippen LogP contribution in [-0.4, -0.2) is 67.8 Å². The molecular formula is C25H32N4O4. The Labute approximate surface area is 193 Å². The zero-order chi connectivity index (χ0) is 23.9. The molecule has 0 spiro atoms. The van der Waals surface area contributed by atoms with Crippen LogP contribution in [0.5, 0.6) is 5.75 Å². The van der Waals surface area contributed by atoms with Gasteiger partial charge in [0.15, 0.2) is 5.56 Å². The molecular weight excluding hydrogens is 420 g/mol. The average molecular weight is 453 g/mol. The molecule has 33 heavy (non-hydrogen) atoms. The number of carboxylic acid groups (broad SMARTS) is 1. The second-order valence-electron chi connectivity index (χ2n) is 9.06. The first-order valence-corrected chi connectivity index (χ1v) is 11.5. The Kier molecular flexibility index (Phi) is 6.32. The number of aryl methyl sites for hydroxylation is 1. The molecule has 3 N–H and O–H groups in total. The smallest absolute Gasteiger partial charge is 0.345 e. The van der Waals surface area contributed by atoms with Gasteiger partial charge in [0.1, 0.15) is 5.75 Å². The molecule has 1 fully saturated rings. The van der Waals surface area contributed by atoms with Crippen molar-refractivity contribution in [1.29, 1.82) is 0 Å². The van der Waals surface area contributed by atoms with Crippen molar-refractivity contribution in [3.05, 3.63) is 51.4 Å². The van der Waals surface area contributed by atoms with Crippen molar-refractivity contribution in [3.63, 3.8) is 0 Å². The minimum Gasteiger partial charge on any atom is -0.506 e. The third kappa shape index (κ3) is 4.28. The van der Waals surface area contributed by atoms with E-state index in [2.05, 4.69) is 46.3 Å². The van der Waals surface area contributed by atoms with E-state index >= 15 is 0 Å². The van der Waals surface area contributed by atoms with Crippen molar-refractivity contribution >= 4 is 16.9 Å². The SMILES string of the molecule is CCc1c(-c2ccc3c(c2)cc(CN2CCN(C(C)C)CC2)n3C)[nH]c(=O)c(C(=O)O)c1O. The van der Waals surface area contributed by atoms with Gasteiger partial charge in [-0.05, 0) is 44.0 Å². The highest BCUT2D eigenvalue weighted by atomic mass is 16.4. The predicted octanol–water partition coefficient (Wildman–Crippen LogP) is 3.03. The van der Waals surface area contributed by atoms with Gasteiger partial charge in [-0.2, -0.15) is 0 Å². The Balaban J connectivity index is 1.66. The Hall–Kier alpha value is -3.10. The predicted molar refractivity (Wildman–Crippen MR) is 129 cm³/mol. The molecule has 0 saturated carbocycles. The maximum atomic E-state index is 12.3. The molecule has 0 bridgehead atoms. The highest BCUT2D eigenvalue weighted by Gasteiger charge is 2.23. The van der Waals surface area contributed by atoms with Crippen LogP contribution in [0.25, 0.3) is 22.2 Å². The van der Waals surface area contributed by atoms with Gasteiger partial charge in [-0.3, -0.25) is 14.6 Å². The monoisotopic (exact) mass is 452 g/mol. The number of aromatic carboxylic acids is 1. The van der Waals surface area contributed by atoms with Crippen molar-refractivity contribution < 1.29 is 15.0 Å². The molecule has 4 rings (SSSR count). The van der Waals surface area contributed by atoms with E-state index in [0.29, 0.717) is 23.7 Å². The fourth-order valence-corrected chi connectivity index (χ4v) is 4.80. The fraction of sp³-hybridized carbons (Fsp3) is 0.440. The molecule has 8 heteroatoms. The second-order valence-corrected chi connectivity index (χ2v) is 9.06. The number of aromatic nitrogens is 2. The van der Waals surface area contributed by atoms with E-state index in [0.717, 1.165) is 49.2 Å². The van der Waals surface area contributed by atoms with E-state index in [1.807, 2.05) is 25.1 Å². The topological polar surface area (TPSA) is 102 Å². The van der Waals surface area contributed by atoms with E-state index < -0.39 is 22.8 Å². The number of nitrogens with zero attached hydrogens (tertiary/aromatic N) is 3. The normalized spacial score (nSPS) is 15.5. The first-order chi connectivity index (χ1) is 15.7. The van der Waals surface area contributed by atoms with Crippen molar-refractivity contribution in [3.8, 4) is 17.0 Å². The average Bonchev–Trinajstić information content (AvgIpc) is 3.08. The fourth-order valence-electron chi connectivity index (χ4n) is 4.80. The quantitative estimate of drug-likeness (QED) is 0.531. The molecule has 1 aromatic carbocycles. The summed E-state index contributed by atoms with van der Waals surface area (Å²) in [6.45, 7) is 11.4. The lowest BCUT2D eigenvalue weighted by Gasteiger charge is -2.36. The summed E-state index contributed by atoms with van der Waals surface area (Å²) in [5.74, 6) is -1.90. The van der Waals surface area contributed by atoms with Crippen molar-refractivity contribution in [2.45, 2.75) is 39.8 Å². The Morgan fingerprint density at radius 3 is 2.45 bits per heavy atom. The number of benzene rings is 1. The van der Waals surface area contributed by atoms with Gasteiger partial charge >= 0.3 is 5.97 Å². The maximum Gasteiger partial charge on any atom is 0.345 e. The summed E-state index contributed by atoms with van der Waals surface area (Å²) in [6, 6.07) is 8.64. The minimum absolute atomic E-state index is 0.388. The summed E-state index contributed by atoms with van der Waals surface area (Å²) < 4.78 is 2.20. The van der Waals surface area contributed by atoms with Crippen LogP contribution in [-0.2, 0) is 20.0 Å². The van der Waals surface area contributed by atoms with Gasteiger partial charge < -0.3 is 19.8 Å². The zero-order valence-corrected chi connectivity index (χ0v) is 19.7. The maximum absolute atomic E-state index is 12.3. The zero-order valence-electron chi connectivity index (χ0n) is 19.7. The van der Waals surface area contributed by atoms with E-state index in [1.54, 1.807) is 0 Å². The number of aromatic hydroxyl groups is 1. The second kappa shape index (κ2) is 9.03. The molecule has 0 atom stereocenters. The van der Waals surface area contributed by atoms with E-state index in [-0.39, 0.29) is 0 Å². The van der Waals surface area contributed by atoms with Crippen molar-refractivity contribution in [2.24, 2.45) is 7.05 Å². The van der Waals surface area contributed by atoms with E-state index in [4.69, 9.17) is 0 Å². The minimum atomic E-state index is -1.44. The molecule has 3 heterocycles. The summed E-state index contributed by atoms with van der Waals surface area (Å²) in [7, 11) is 2.06. The Morgan fingerprint density at radius 2 is 1.85 bits per heavy atom. The van der Waals surface area contributed by atoms with Crippen LogP contribution >= 0.6 is 0 Å². The number of carboxylic acids is 1. The number of nitrogens with one attached hydrogen (secondary N) is 1. The first kappa shape index (κ1) is 23.1. The lowest BCUT2D eigenvalue weighted by atomic mass is 9.99. The molecule has 3 aromatic rings. The molecule has 0 radical (unpaired) electrons. The largest absolute Gasteiger partial charge is 0.506 e. The number of carbonyl (C=O) groups is 1. The van der Waals surface area contributed by atoms with E-state index in [9.17, 15) is 19.8 Å². The number of H-pyrrole nitrogens is 1. The standard InChI is InChI=1S/C25H32N4O4/c1-5-19-22(26-24(31)21(23(19)30)25(32)33)16-6-7-20-17(12-16)13-18(27(20)4)14-28-8-10-29(11-9-28)15(2)3/h6-7,12-13,15H,5,8-11,14H2,1-4H3,(H,32,33)(H2,26,30,31). The lowest BCUT2D eigenvalue weighted by molar-refractivity contribution is 0.0691. The number of fused-ring (bicyclic) bond motifs is 1. The summed E-state index contributed by atoms with van der Waals surface area (Å²) in [6.07, 6.45) is 0.388. The molecule has 2 aromatic heterocycles. The van der Waals surface area contributed by atoms with Crippen LogP contribution in [0.1, 0.15) is 42.4 Å². The number of hydrogen-bond donors (Lipinski definition) is 3. The highest BCUT2D eigenvalue weighted by molar-refractivity contribution is 5.92. The van der Waals surface area contributed by atoms with Crippen molar-refractivity contribution in [2.75, 3.05) is 26.2 Å². The van der Waals surface area contributed by atoms with Gasteiger partial charge in [-0.1, -0.05) is 13.0 Å². The van der Waals surface area contributed by atoms with Gasteiger partial charge in [0.2, 0.25) is 0 Å². The Morgan fingerprint density at radius 1 is 1.15 bits per heavy atom. The van der Waals surface area contributed by atoms with Crippen LogP contribution in [0.3, 0.4) is 0 Å². The number of piperazine rings is 1. The number of pyridine rings is 1. The molecule has 0 aliphatic carbocycles. The third-order valence-corrected chi connectivity index (χ3v) is 6.81. The van der Waals surface area contributed by atoms with Crippen LogP contribution in [0.2, 0.25) is 0 Å². The lowest BCUT2D eigenvalue weighted by Crippen LogP contribution is -2.48. The van der Waals surface area contributed by atoms with Gasteiger partial charge in [0.05, 0.1) is 5.69 Å². The van der Waals surface area contributed by atoms with Crippen LogP contribution in [0.4, 0.5) is 0 Å². The summed E-state index contributed by atoms with van der Waals surface area (Å²) in [5, 5.41) is 20.8. The van der Waals surface area contributed by atoms with Crippen molar-refractivity contribution in [1.82, 2.24) is 19.4 Å². The van der Waals surface area contributed by atoms with Gasteiger partial charge in [-0.25, -0.2) is 4.79 Å². The first-order valence-electron chi connectivity index (χ1n) is 11.5. The van der Waals surface area contributed by atoms with Gasteiger partial charge in [-0.15, -0.1) is 0 Å². The van der Waals surface area contributed by atoms with Gasteiger partial charge in [0.25, 0.3) is 5.56 Å². The molecule has 1 aliphatic rings. The summed E-state index contributed by atoms with van der Waals surface area (Å²) >= 11 is 0. The Bertz CT molecular complexity index is 1250. The number of hydrogen-bond acceptors (Lipinski definition) is 5. The van der Waals surface area contributed by atoms with Crippen LogP contribution < -0.4 is 5.56 Å². The highest BCUT2D eigenvalue weighted by Crippen LogP contribution is 2.32. The van der Waals surface area contributed by atoms with E-state index in [1.165, 1.54) is 5.69 Å². The molecule has 8 nitrogen and oxygen atoms in total. The van der Waals surface area contributed by atoms with Crippen LogP contribution in [0.15, 0.2) is 29.1 Å². The molecule has 1 aliphatic heterocycles. The molecule has 1 saturated heterocycles. The summed E-state index contributed by atoms with van der Waals surface area (Å²) in [5.41, 5.74) is 2.51. The third-order valence-electron chi connectivity index (χ3n) is 6.81. The number of rotatable bonds is 6. The number of aromatic amines is 1. The molecule has 0 amide bonds. The molecule has 176 valence electrons. The summed E-state index contributed by atoms with van der Waals surface area (Å²) in [4.78, 5) is 31.4. The van der Waals surface area contributed by atoms with Gasteiger partial charge in [0, 0.05) is 68.0 Å². The van der Waals surface area contributed by atoms with Crippen LogP contribution in [0, 0.1) is 0 Å². The molecule has 0 unspecified atom stereocenters.